The number of benzene rings is 3. The predicted octanol–water partition coefficient (Wildman–Crippen LogP) is 4.85. The minimum atomic E-state index is -0.191. The highest BCUT2D eigenvalue weighted by Gasteiger charge is 2.04. The molecule has 1 N–H and O–H groups in total. The molecule has 0 saturated heterocycles. The van der Waals surface area contributed by atoms with E-state index in [2.05, 4.69) is 12.2 Å². The molecule has 138 valence electrons. The van der Waals surface area contributed by atoms with E-state index >= 15 is 0 Å². The molecule has 3 rings (SSSR count). The Labute approximate surface area is 159 Å². The van der Waals surface area contributed by atoms with Crippen molar-refractivity contribution in [2.24, 2.45) is 0 Å². The van der Waals surface area contributed by atoms with E-state index in [1.54, 1.807) is 12.1 Å². The van der Waals surface area contributed by atoms with Crippen LogP contribution in [0.25, 0.3) is 0 Å². The number of rotatable bonds is 8. The van der Waals surface area contributed by atoms with Crippen molar-refractivity contribution in [3.63, 3.8) is 0 Å². The van der Waals surface area contributed by atoms with Crippen LogP contribution in [0.2, 0.25) is 0 Å². The van der Waals surface area contributed by atoms with Gasteiger partial charge in [0.1, 0.15) is 18.1 Å². The normalized spacial score (nSPS) is 10.3. The monoisotopic (exact) mass is 361 g/mol. The van der Waals surface area contributed by atoms with E-state index < -0.39 is 0 Å². The van der Waals surface area contributed by atoms with Crippen molar-refractivity contribution < 1.29 is 14.3 Å². The Bertz CT molecular complexity index is 843. The number of amides is 1. The molecule has 0 saturated carbocycles. The SMILES string of the molecule is CCc1ccc(NC(=O)COc2ccc(OCc3ccccc3)cc2)cc1. The summed E-state index contributed by atoms with van der Waals surface area (Å²) in [5.41, 5.74) is 3.12. The molecule has 0 aromatic heterocycles. The highest BCUT2D eigenvalue weighted by Crippen LogP contribution is 2.19. The molecule has 4 nitrogen and oxygen atoms in total. The quantitative estimate of drug-likeness (QED) is 0.624. The highest BCUT2D eigenvalue weighted by atomic mass is 16.5. The van der Waals surface area contributed by atoms with Gasteiger partial charge in [0.05, 0.1) is 0 Å². The fourth-order valence-corrected chi connectivity index (χ4v) is 2.54. The molecule has 0 aliphatic carbocycles. The van der Waals surface area contributed by atoms with E-state index in [4.69, 9.17) is 9.47 Å². The third-order valence-corrected chi connectivity index (χ3v) is 4.09. The summed E-state index contributed by atoms with van der Waals surface area (Å²) in [6, 6.07) is 25.1. The molecule has 0 radical (unpaired) electrons. The molecule has 3 aromatic rings. The third kappa shape index (κ3) is 5.89. The second kappa shape index (κ2) is 9.43. The van der Waals surface area contributed by atoms with Gasteiger partial charge in [-0.1, -0.05) is 49.4 Å². The van der Waals surface area contributed by atoms with Crippen LogP contribution >= 0.6 is 0 Å². The van der Waals surface area contributed by atoms with E-state index in [0.717, 1.165) is 23.4 Å². The van der Waals surface area contributed by atoms with Gasteiger partial charge in [-0.25, -0.2) is 0 Å². The minimum absolute atomic E-state index is 0.0419. The van der Waals surface area contributed by atoms with Crippen LogP contribution in [0.5, 0.6) is 11.5 Å². The van der Waals surface area contributed by atoms with Gasteiger partial charge in [-0.15, -0.1) is 0 Å². The Hall–Kier alpha value is -3.27. The Morgan fingerprint density at radius 3 is 2.04 bits per heavy atom. The van der Waals surface area contributed by atoms with Crippen LogP contribution < -0.4 is 14.8 Å². The molecular formula is C23H23NO3. The van der Waals surface area contributed by atoms with Gasteiger partial charge in [-0.3, -0.25) is 4.79 Å². The number of nitrogens with one attached hydrogen (secondary N) is 1. The average Bonchev–Trinajstić information content (AvgIpc) is 2.73. The van der Waals surface area contributed by atoms with Gasteiger partial charge in [0.25, 0.3) is 5.91 Å². The maximum Gasteiger partial charge on any atom is 0.262 e. The fourth-order valence-electron chi connectivity index (χ4n) is 2.54. The number of carbonyl (C=O) groups is 1. The molecule has 0 heterocycles. The van der Waals surface area contributed by atoms with Crippen LogP contribution in [0.3, 0.4) is 0 Å². The van der Waals surface area contributed by atoms with Gasteiger partial charge in [-0.2, -0.15) is 0 Å². The number of carbonyl (C=O) groups excluding carboxylic acids is 1. The standard InChI is InChI=1S/C23H23NO3/c1-2-18-8-10-20(11-9-18)24-23(25)17-27-22-14-12-21(13-15-22)26-16-19-6-4-3-5-7-19/h3-15H,2,16-17H2,1H3,(H,24,25). The zero-order chi connectivity index (χ0) is 18.9. The largest absolute Gasteiger partial charge is 0.489 e. The summed E-state index contributed by atoms with van der Waals surface area (Å²) in [6.45, 7) is 2.57. The van der Waals surface area contributed by atoms with Crippen molar-refractivity contribution in [2.45, 2.75) is 20.0 Å². The molecule has 27 heavy (non-hydrogen) atoms. The van der Waals surface area contributed by atoms with Gasteiger partial charge >= 0.3 is 0 Å². The number of ether oxygens (including phenoxy) is 2. The summed E-state index contributed by atoms with van der Waals surface area (Å²) < 4.78 is 11.3. The molecule has 0 unspecified atom stereocenters. The number of hydrogen-bond donors (Lipinski definition) is 1. The first-order chi connectivity index (χ1) is 13.2. The van der Waals surface area contributed by atoms with Gasteiger partial charge < -0.3 is 14.8 Å². The van der Waals surface area contributed by atoms with E-state index in [1.807, 2.05) is 66.7 Å². The average molecular weight is 361 g/mol. The minimum Gasteiger partial charge on any atom is -0.489 e. The van der Waals surface area contributed by atoms with Crippen LogP contribution in [0.15, 0.2) is 78.9 Å². The Morgan fingerprint density at radius 1 is 0.778 bits per heavy atom. The van der Waals surface area contributed by atoms with Crippen LogP contribution in [-0.2, 0) is 17.8 Å². The van der Waals surface area contributed by atoms with Gasteiger partial charge in [0.2, 0.25) is 0 Å². The van der Waals surface area contributed by atoms with E-state index in [9.17, 15) is 4.79 Å². The number of hydrogen-bond acceptors (Lipinski definition) is 3. The number of aryl methyl sites for hydroxylation is 1. The van der Waals surface area contributed by atoms with Gasteiger partial charge in [0, 0.05) is 5.69 Å². The summed E-state index contributed by atoms with van der Waals surface area (Å²) in [6.07, 6.45) is 0.975. The summed E-state index contributed by atoms with van der Waals surface area (Å²) in [5.74, 6) is 1.19. The lowest BCUT2D eigenvalue weighted by Crippen LogP contribution is -2.20. The molecule has 0 atom stereocenters. The van der Waals surface area contributed by atoms with Crippen molar-refractivity contribution in [2.75, 3.05) is 11.9 Å². The van der Waals surface area contributed by atoms with Gasteiger partial charge in [-0.05, 0) is 53.9 Å². The molecule has 3 aromatic carbocycles. The van der Waals surface area contributed by atoms with E-state index in [0.29, 0.717) is 12.4 Å². The van der Waals surface area contributed by atoms with Crippen molar-refractivity contribution in [1.29, 1.82) is 0 Å². The molecule has 0 aliphatic rings. The molecule has 0 aliphatic heterocycles. The zero-order valence-electron chi connectivity index (χ0n) is 15.4. The summed E-state index contributed by atoms with van der Waals surface area (Å²) in [7, 11) is 0. The topological polar surface area (TPSA) is 47.6 Å². The fraction of sp³-hybridized carbons (Fsp3) is 0.174. The van der Waals surface area contributed by atoms with Gasteiger partial charge in [0.15, 0.2) is 6.61 Å². The molecular weight excluding hydrogens is 338 g/mol. The molecule has 0 spiro atoms. The maximum atomic E-state index is 12.0. The first-order valence-corrected chi connectivity index (χ1v) is 9.01. The second-order valence-electron chi connectivity index (χ2n) is 6.13. The number of anilines is 1. The summed E-state index contributed by atoms with van der Waals surface area (Å²) in [4.78, 5) is 12.0. The first-order valence-electron chi connectivity index (χ1n) is 9.01. The van der Waals surface area contributed by atoms with E-state index in [-0.39, 0.29) is 12.5 Å². The second-order valence-corrected chi connectivity index (χ2v) is 6.13. The summed E-state index contributed by atoms with van der Waals surface area (Å²) in [5, 5.41) is 2.82. The van der Waals surface area contributed by atoms with Crippen LogP contribution in [-0.4, -0.2) is 12.5 Å². The lowest BCUT2D eigenvalue weighted by Gasteiger charge is -2.09. The maximum absolute atomic E-state index is 12.0. The Balaban J connectivity index is 1.44. The Kier molecular flexibility index (Phi) is 6.47. The van der Waals surface area contributed by atoms with Crippen LogP contribution in [0, 0.1) is 0 Å². The molecule has 0 fully saturated rings. The molecule has 4 heteroatoms. The van der Waals surface area contributed by atoms with E-state index in [1.165, 1.54) is 5.56 Å². The Morgan fingerprint density at radius 2 is 1.41 bits per heavy atom. The predicted molar refractivity (Wildman–Crippen MR) is 107 cm³/mol. The van der Waals surface area contributed by atoms with Crippen LogP contribution in [0.1, 0.15) is 18.1 Å². The molecule has 0 bridgehead atoms. The molecule has 1 amide bonds. The van der Waals surface area contributed by atoms with Crippen LogP contribution in [0.4, 0.5) is 5.69 Å². The van der Waals surface area contributed by atoms with Crippen molar-refractivity contribution in [3.05, 3.63) is 90.0 Å². The van der Waals surface area contributed by atoms with Crippen molar-refractivity contribution in [3.8, 4) is 11.5 Å². The first kappa shape index (κ1) is 18.5. The lowest BCUT2D eigenvalue weighted by atomic mass is 10.1. The van der Waals surface area contributed by atoms with Crippen molar-refractivity contribution in [1.82, 2.24) is 0 Å². The highest BCUT2D eigenvalue weighted by molar-refractivity contribution is 5.91. The third-order valence-electron chi connectivity index (χ3n) is 4.09. The summed E-state index contributed by atoms with van der Waals surface area (Å²) >= 11 is 0. The smallest absolute Gasteiger partial charge is 0.262 e. The zero-order valence-corrected chi connectivity index (χ0v) is 15.4. The lowest BCUT2D eigenvalue weighted by molar-refractivity contribution is -0.118. The van der Waals surface area contributed by atoms with Crippen molar-refractivity contribution >= 4 is 11.6 Å².